The van der Waals surface area contributed by atoms with Crippen LogP contribution in [0, 0.1) is 10.1 Å². The molecule has 1 rings (SSSR count). The van der Waals surface area contributed by atoms with Crippen LogP contribution in [0.5, 0.6) is 0 Å². The van der Waals surface area contributed by atoms with Crippen LogP contribution in [0.25, 0.3) is 0 Å². The Morgan fingerprint density at radius 2 is 2.06 bits per heavy atom. The summed E-state index contributed by atoms with van der Waals surface area (Å²) in [5.41, 5.74) is 0.958. The second-order valence-electron chi connectivity index (χ2n) is 3.75. The maximum atomic E-state index is 10.8. The number of hydrogen-bond donors (Lipinski definition) is 0. The summed E-state index contributed by atoms with van der Waals surface area (Å²) in [6.07, 6.45) is -0.846. The normalized spacial score (nSPS) is 11.8. The molecule has 0 aromatic heterocycles. The Kier molecular flexibility index (Phi) is 5.79. The fraction of sp³-hybridized carbons (Fsp3) is 0.417. The van der Waals surface area contributed by atoms with Crippen LogP contribution in [0.4, 0.5) is 0 Å². The molecule has 0 bridgehead atoms. The minimum absolute atomic E-state index is 0.00938. The van der Waals surface area contributed by atoms with Gasteiger partial charge in [-0.05, 0) is 5.56 Å². The summed E-state index contributed by atoms with van der Waals surface area (Å²) in [6.45, 7) is 1.10. The summed E-state index contributed by atoms with van der Waals surface area (Å²) >= 11 is 0. The van der Waals surface area contributed by atoms with Crippen molar-refractivity contribution in [1.29, 1.82) is 0 Å². The van der Waals surface area contributed by atoms with Crippen LogP contribution in [0.15, 0.2) is 30.3 Å². The van der Waals surface area contributed by atoms with Gasteiger partial charge < -0.3 is 9.47 Å². The smallest absolute Gasteiger partial charge is 0.303 e. The van der Waals surface area contributed by atoms with Gasteiger partial charge in [0, 0.05) is 11.8 Å². The van der Waals surface area contributed by atoms with Crippen LogP contribution in [-0.2, 0) is 20.9 Å². The van der Waals surface area contributed by atoms with Crippen LogP contribution in [0.3, 0.4) is 0 Å². The third-order valence-corrected chi connectivity index (χ3v) is 2.10. The van der Waals surface area contributed by atoms with E-state index in [0.29, 0.717) is 6.61 Å². The van der Waals surface area contributed by atoms with Gasteiger partial charge in [-0.2, -0.15) is 0 Å². The third kappa shape index (κ3) is 5.95. The average Bonchev–Trinajstić information content (AvgIpc) is 2.28. The van der Waals surface area contributed by atoms with Gasteiger partial charge in [-0.25, -0.2) is 0 Å². The molecule has 0 spiro atoms. The fourth-order valence-corrected chi connectivity index (χ4v) is 1.41. The number of nitro groups is 1. The lowest BCUT2D eigenvalue weighted by molar-refractivity contribution is -0.491. The van der Waals surface area contributed by atoms with Crippen LogP contribution in [0.1, 0.15) is 12.5 Å². The molecule has 0 aliphatic rings. The van der Waals surface area contributed by atoms with E-state index in [4.69, 9.17) is 9.47 Å². The van der Waals surface area contributed by atoms with Gasteiger partial charge in [0.15, 0.2) is 6.10 Å². The van der Waals surface area contributed by atoms with Gasteiger partial charge in [0.1, 0.15) is 0 Å². The molecule has 1 aromatic rings. The molecule has 6 heteroatoms. The molecule has 0 saturated carbocycles. The highest BCUT2D eigenvalue weighted by Gasteiger charge is 2.18. The molecule has 0 radical (unpaired) electrons. The average molecular weight is 253 g/mol. The highest BCUT2D eigenvalue weighted by atomic mass is 16.6. The van der Waals surface area contributed by atoms with Crippen molar-refractivity contribution in [1.82, 2.24) is 0 Å². The summed E-state index contributed by atoms with van der Waals surface area (Å²) in [7, 11) is 0. The van der Waals surface area contributed by atoms with Crippen molar-refractivity contribution in [3.8, 4) is 0 Å². The van der Waals surface area contributed by atoms with E-state index in [0.717, 1.165) is 5.56 Å². The molecule has 0 aliphatic heterocycles. The summed E-state index contributed by atoms with van der Waals surface area (Å²) in [5, 5.41) is 10.4. The third-order valence-electron chi connectivity index (χ3n) is 2.10. The Bertz CT molecular complexity index is 377. The monoisotopic (exact) mass is 253 g/mol. The topological polar surface area (TPSA) is 78.7 Å². The van der Waals surface area contributed by atoms with Gasteiger partial charge in [0.25, 0.3) is 0 Å². The lowest BCUT2D eigenvalue weighted by atomic mass is 10.2. The minimum atomic E-state index is -0.846. The van der Waals surface area contributed by atoms with Gasteiger partial charge >= 0.3 is 5.97 Å². The lowest BCUT2D eigenvalue weighted by Gasteiger charge is -2.13. The summed E-state index contributed by atoms with van der Waals surface area (Å²) in [5.74, 6) is -0.551. The number of rotatable bonds is 7. The molecule has 1 aromatic carbocycles. The van der Waals surface area contributed by atoms with Gasteiger partial charge in [-0.1, -0.05) is 30.3 Å². The highest BCUT2D eigenvalue weighted by molar-refractivity contribution is 5.66. The Morgan fingerprint density at radius 3 is 2.61 bits per heavy atom. The summed E-state index contributed by atoms with van der Waals surface area (Å²) in [6, 6.07) is 9.40. The van der Waals surface area contributed by atoms with Crippen molar-refractivity contribution in [2.75, 3.05) is 13.2 Å². The van der Waals surface area contributed by atoms with E-state index in [2.05, 4.69) is 0 Å². The molecule has 0 N–H and O–H groups in total. The SMILES string of the molecule is CC(=O)OC(COCc1ccccc1)C[N+](=O)[O-]. The van der Waals surface area contributed by atoms with Crippen LogP contribution < -0.4 is 0 Å². The second kappa shape index (κ2) is 7.39. The van der Waals surface area contributed by atoms with Gasteiger partial charge in [-0.3, -0.25) is 14.9 Å². The van der Waals surface area contributed by atoms with E-state index in [-0.39, 0.29) is 6.61 Å². The molecule has 6 nitrogen and oxygen atoms in total. The van der Waals surface area contributed by atoms with Crippen molar-refractivity contribution in [3.63, 3.8) is 0 Å². The number of hydrogen-bond acceptors (Lipinski definition) is 5. The molecule has 0 amide bonds. The lowest BCUT2D eigenvalue weighted by Crippen LogP contribution is -2.30. The number of esters is 1. The van der Waals surface area contributed by atoms with E-state index in [1.165, 1.54) is 6.92 Å². The van der Waals surface area contributed by atoms with Gasteiger partial charge in [0.05, 0.1) is 13.2 Å². The quantitative estimate of drug-likeness (QED) is 0.417. The largest absolute Gasteiger partial charge is 0.453 e. The maximum Gasteiger partial charge on any atom is 0.303 e. The van der Waals surface area contributed by atoms with Crippen molar-refractivity contribution in [3.05, 3.63) is 46.0 Å². The number of ether oxygens (including phenoxy) is 2. The van der Waals surface area contributed by atoms with Gasteiger partial charge in [0.2, 0.25) is 6.54 Å². The highest BCUT2D eigenvalue weighted by Crippen LogP contribution is 2.02. The summed E-state index contributed by atoms with van der Waals surface area (Å²) < 4.78 is 10.1. The Hall–Kier alpha value is -1.95. The number of carbonyl (C=O) groups is 1. The van der Waals surface area contributed by atoms with E-state index < -0.39 is 23.5 Å². The zero-order valence-electron chi connectivity index (χ0n) is 10.1. The minimum Gasteiger partial charge on any atom is -0.453 e. The molecule has 0 heterocycles. The second-order valence-corrected chi connectivity index (χ2v) is 3.75. The van der Waals surface area contributed by atoms with E-state index in [9.17, 15) is 14.9 Å². The first-order valence-electron chi connectivity index (χ1n) is 5.48. The fourth-order valence-electron chi connectivity index (χ4n) is 1.41. The Balaban J connectivity index is 2.37. The van der Waals surface area contributed by atoms with E-state index in [1.807, 2.05) is 30.3 Å². The molecule has 1 unspecified atom stereocenters. The number of nitrogens with zero attached hydrogens (tertiary/aromatic N) is 1. The molecule has 0 aliphatic carbocycles. The van der Waals surface area contributed by atoms with Crippen molar-refractivity contribution in [2.45, 2.75) is 19.6 Å². The molecular formula is C12H15NO5. The number of benzene rings is 1. The Labute approximate surface area is 105 Å². The first kappa shape index (κ1) is 14.1. The summed E-state index contributed by atoms with van der Waals surface area (Å²) in [4.78, 5) is 20.6. The van der Waals surface area contributed by atoms with Crippen molar-refractivity contribution < 1.29 is 19.2 Å². The first-order chi connectivity index (χ1) is 8.58. The van der Waals surface area contributed by atoms with Crippen LogP contribution in [-0.4, -0.2) is 30.1 Å². The predicted molar refractivity (Wildman–Crippen MR) is 63.5 cm³/mol. The molecular weight excluding hydrogens is 238 g/mol. The van der Waals surface area contributed by atoms with E-state index >= 15 is 0 Å². The van der Waals surface area contributed by atoms with E-state index in [1.54, 1.807) is 0 Å². The predicted octanol–water partition coefficient (Wildman–Crippen LogP) is 1.41. The van der Waals surface area contributed by atoms with Crippen LogP contribution in [0.2, 0.25) is 0 Å². The van der Waals surface area contributed by atoms with Gasteiger partial charge in [-0.15, -0.1) is 0 Å². The molecule has 18 heavy (non-hydrogen) atoms. The molecule has 98 valence electrons. The Morgan fingerprint density at radius 1 is 1.39 bits per heavy atom. The maximum absolute atomic E-state index is 10.8. The zero-order chi connectivity index (χ0) is 13.4. The molecule has 1 atom stereocenters. The standard InChI is InChI=1S/C12H15NO5/c1-10(14)18-12(7-13(15)16)9-17-8-11-5-3-2-4-6-11/h2-6,12H,7-9H2,1H3. The van der Waals surface area contributed by atoms with Crippen molar-refractivity contribution in [2.24, 2.45) is 0 Å². The zero-order valence-corrected chi connectivity index (χ0v) is 10.1. The first-order valence-corrected chi connectivity index (χ1v) is 5.48. The molecule has 0 fully saturated rings. The molecule has 0 saturated heterocycles. The van der Waals surface area contributed by atoms with Crippen LogP contribution >= 0.6 is 0 Å². The number of carbonyl (C=O) groups excluding carboxylic acids is 1. The van der Waals surface area contributed by atoms with Crippen molar-refractivity contribution >= 4 is 5.97 Å².